The molecule has 0 radical (unpaired) electrons. The van der Waals surface area contributed by atoms with E-state index in [0.29, 0.717) is 16.8 Å². The topological polar surface area (TPSA) is 85.6 Å². The van der Waals surface area contributed by atoms with E-state index in [1.54, 1.807) is 0 Å². The minimum absolute atomic E-state index is 0.186. The Hall–Kier alpha value is -4.56. The van der Waals surface area contributed by atoms with E-state index < -0.39 is 5.91 Å². The molecule has 184 valence electrons. The van der Waals surface area contributed by atoms with Crippen LogP contribution in [0.25, 0.3) is 21.3 Å². The molecule has 0 spiro atoms. The fourth-order valence-corrected chi connectivity index (χ4v) is 4.69. The fraction of sp³-hybridized carbons (Fsp3) is 0.103. The fourth-order valence-electron chi connectivity index (χ4n) is 3.78. The van der Waals surface area contributed by atoms with E-state index in [9.17, 15) is 9.59 Å². The van der Waals surface area contributed by atoms with Crippen molar-refractivity contribution in [3.05, 3.63) is 118 Å². The Kier molecular flexibility index (Phi) is 7.19. The second kappa shape index (κ2) is 11.0. The second-order valence-electron chi connectivity index (χ2n) is 8.51. The van der Waals surface area contributed by atoms with Crippen LogP contribution in [0.1, 0.15) is 16.7 Å². The molecule has 0 fully saturated rings. The Labute approximate surface area is 217 Å². The molecule has 5 aromatic rings. The number of hydrazone groups is 1. The predicted octanol–water partition coefficient (Wildman–Crippen LogP) is 5.16. The zero-order chi connectivity index (χ0) is 25.6. The molecule has 1 amide bonds. The Morgan fingerprint density at radius 1 is 1.05 bits per heavy atom. The highest BCUT2D eigenvalue weighted by Gasteiger charge is 2.14. The van der Waals surface area contributed by atoms with E-state index in [4.69, 9.17) is 4.74 Å². The summed E-state index contributed by atoms with van der Waals surface area (Å²) in [4.78, 5) is 30.6. The van der Waals surface area contributed by atoms with Gasteiger partial charge in [-0.15, -0.1) is 11.3 Å². The van der Waals surface area contributed by atoms with Crippen LogP contribution in [-0.4, -0.2) is 21.7 Å². The smallest absolute Gasteiger partial charge is 0.263 e. The summed E-state index contributed by atoms with van der Waals surface area (Å²) in [6, 6.07) is 25.3. The van der Waals surface area contributed by atoms with E-state index in [2.05, 4.69) is 34.6 Å². The lowest BCUT2D eigenvalue weighted by molar-refractivity contribution is -0.121. The van der Waals surface area contributed by atoms with Crippen LogP contribution in [0.4, 0.5) is 0 Å². The van der Waals surface area contributed by atoms with Crippen LogP contribution in [0.15, 0.2) is 100 Å². The zero-order valence-electron chi connectivity index (χ0n) is 20.1. The molecule has 2 aromatic heterocycles. The van der Waals surface area contributed by atoms with Crippen molar-refractivity contribution in [1.82, 2.24) is 15.0 Å². The van der Waals surface area contributed by atoms with Crippen molar-refractivity contribution in [2.75, 3.05) is 0 Å². The van der Waals surface area contributed by atoms with Gasteiger partial charge in [0, 0.05) is 10.9 Å². The molecule has 0 saturated carbocycles. The maximum Gasteiger partial charge on any atom is 0.263 e. The summed E-state index contributed by atoms with van der Waals surface area (Å²) in [5.41, 5.74) is 7.08. The Bertz CT molecular complexity index is 1610. The van der Waals surface area contributed by atoms with Crippen molar-refractivity contribution in [2.45, 2.75) is 20.1 Å². The predicted molar refractivity (Wildman–Crippen MR) is 147 cm³/mol. The van der Waals surface area contributed by atoms with Gasteiger partial charge in [0.2, 0.25) is 0 Å². The van der Waals surface area contributed by atoms with Gasteiger partial charge < -0.3 is 4.74 Å². The molecule has 0 saturated heterocycles. The van der Waals surface area contributed by atoms with Gasteiger partial charge in [-0.3, -0.25) is 14.2 Å². The van der Waals surface area contributed by atoms with Crippen LogP contribution < -0.4 is 15.7 Å². The average Bonchev–Trinajstić information content (AvgIpc) is 3.36. The van der Waals surface area contributed by atoms with Crippen LogP contribution in [0.2, 0.25) is 0 Å². The number of amides is 1. The lowest BCUT2D eigenvalue weighted by Crippen LogP contribution is -2.30. The molecule has 0 atom stereocenters. The van der Waals surface area contributed by atoms with Gasteiger partial charge in [0.15, 0.2) is 0 Å². The summed E-state index contributed by atoms with van der Waals surface area (Å²) in [7, 11) is 0. The first-order valence-electron chi connectivity index (χ1n) is 11.7. The standard InChI is InChI=1S/C29H24N4O3S/c1-20-7-9-22(10-8-20)17-36-24-13-11-21(12-14-24)15-31-32-26(34)16-33-19-30-28-27(29(33)35)25(18-37-28)23-5-3-2-4-6-23/h2-15,18-19H,16-17H2,1H3,(H,32,34)/b31-15+. The molecule has 37 heavy (non-hydrogen) atoms. The average molecular weight is 509 g/mol. The van der Waals surface area contributed by atoms with Crippen molar-refractivity contribution in [3.63, 3.8) is 0 Å². The molecule has 5 rings (SSSR count). The number of aromatic nitrogens is 2. The number of ether oxygens (including phenoxy) is 1. The maximum atomic E-state index is 13.1. The first kappa shape index (κ1) is 24.1. The highest BCUT2D eigenvalue weighted by molar-refractivity contribution is 7.17. The van der Waals surface area contributed by atoms with E-state index in [-0.39, 0.29) is 12.1 Å². The number of nitrogens with zero attached hydrogens (tertiary/aromatic N) is 3. The van der Waals surface area contributed by atoms with Gasteiger partial charge in [0.25, 0.3) is 11.5 Å². The SMILES string of the molecule is Cc1ccc(COc2ccc(/C=N/NC(=O)Cn3cnc4scc(-c5ccccc5)c4c3=O)cc2)cc1. The number of benzene rings is 3. The van der Waals surface area contributed by atoms with Crippen molar-refractivity contribution in [3.8, 4) is 16.9 Å². The number of hydrogen-bond donors (Lipinski definition) is 1. The lowest BCUT2D eigenvalue weighted by Gasteiger charge is -2.07. The molecular formula is C29H24N4O3S. The summed E-state index contributed by atoms with van der Waals surface area (Å²) >= 11 is 1.41. The normalized spacial score (nSPS) is 11.2. The van der Waals surface area contributed by atoms with Crippen LogP contribution in [0.3, 0.4) is 0 Å². The summed E-state index contributed by atoms with van der Waals surface area (Å²) in [5.74, 6) is 0.321. The van der Waals surface area contributed by atoms with Gasteiger partial charge in [-0.2, -0.15) is 5.10 Å². The third kappa shape index (κ3) is 5.82. The van der Waals surface area contributed by atoms with Gasteiger partial charge in [-0.25, -0.2) is 10.4 Å². The molecule has 3 aromatic carbocycles. The van der Waals surface area contributed by atoms with Crippen LogP contribution in [-0.2, 0) is 17.9 Å². The second-order valence-corrected chi connectivity index (χ2v) is 9.37. The monoisotopic (exact) mass is 508 g/mol. The van der Waals surface area contributed by atoms with Gasteiger partial charge in [0.05, 0.1) is 17.9 Å². The largest absolute Gasteiger partial charge is 0.489 e. The van der Waals surface area contributed by atoms with Crippen LogP contribution in [0, 0.1) is 6.92 Å². The first-order chi connectivity index (χ1) is 18.1. The van der Waals surface area contributed by atoms with E-state index in [1.165, 1.54) is 34.0 Å². The number of rotatable bonds is 8. The summed E-state index contributed by atoms with van der Waals surface area (Å²) in [6.45, 7) is 2.35. The summed E-state index contributed by atoms with van der Waals surface area (Å²) in [5, 5.41) is 6.45. The number of fused-ring (bicyclic) bond motifs is 1. The van der Waals surface area contributed by atoms with Gasteiger partial charge in [-0.05, 0) is 47.9 Å². The van der Waals surface area contributed by atoms with E-state index >= 15 is 0 Å². The maximum absolute atomic E-state index is 13.1. The van der Waals surface area contributed by atoms with Crippen LogP contribution in [0.5, 0.6) is 5.75 Å². The molecule has 0 aliphatic heterocycles. The Morgan fingerprint density at radius 2 is 1.81 bits per heavy atom. The number of nitrogens with one attached hydrogen (secondary N) is 1. The highest BCUT2D eigenvalue weighted by Crippen LogP contribution is 2.30. The molecular weight excluding hydrogens is 484 g/mol. The first-order valence-corrected chi connectivity index (χ1v) is 12.6. The van der Waals surface area contributed by atoms with Gasteiger partial charge in [0.1, 0.15) is 23.7 Å². The van der Waals surface area contributed by atoms with E-state index in [0.717, 1.165) is 28.0 Å². The van der Waals surface area contributed by atoms with Crippen molar-refractivity contribution in [2.24, 2.45) is 5.10 Å². The van der Waals surface area contributed by atoms with Gasteiger partial charge in [-0.1, -0.05) is 60.2 Å². The lowest BCUT2D eigenvalue weighted by atomic mass is 10.1. The van der Waals surface area contributed by atoms with Crippen molar-refractivity contribution < 1.29 is 9.53 Å². The summed E-state index contributed by atoms with van der Waals surface area (Å²) < 4.78 is 7.11. The number of aryl methyl sites for hydroxylation is 1. The molecule has 0 aliphatic carbocycles. The highest BCUT2D eigenvalue weighted by atomic mass is 32.1. The van der Waals surface area contributed by atoms with Crippen molar-refractivity contribution >= 4 is 33.7 Å². The van der Waals surface area contributed by atoms with Gasteiger partial charge >= 0.3 is 0 Å². The van der Waals surface area contributed by atoms with Crippen LogP contribution >= 0.6 is 11.3 Å². The third-order valence-electron chi connectivity index (χ3n) is 5.77. The third-order valence-corrected chi connectivity index (χ3v) is 6.65. The number of carbonyl (C=O) groups excluding carboxylic acids is 1. The minimum Gasteiger partial charge on any atom is -0.489 e. The number of carbonyl (C=O) groups is 1. The molecule has 0 aliphatic rings. The quantitative estimate of drug-likeness (QED) is 0.232. The molecule has 2 heterocycles. The zero-order valence-corrected chi connectivity index (χ0v) is 20.9. The minimum atomic E-state index is -0.422. The molecule has 0 bridgehead atoms. The number of hydrogen-bond acceptors (Lipinski definition) is 6. The van der Waals surface area contributed by atoms with E-state index in [1.807, 2.05) is 72.1 Å². The summed E-state index contributed by atoms with van der Waals surface area (Å²) in [6.07, 6.45) is 2.94. The molecule has 7 nitrogen and oxygen atoms in total. The van der Waals surface area contributed by atoms with Crippen molar-refractivity contribution in [1.29, 1.82) is 0 Å². The molecule has 0 unspecified atom stereocenters. The molecule has 8 heteroatoms. The molecule has 1 N–H and O–H groups in total. The number of thiophene rings is 1. The Morgan fingerprint density at radius 3 is 2.57 bits per heavy atom. The Balaban J connectivity index is 1.19.